The van der Waals surface area contributed by atoms with Crippen molar-refractivity contribution in [3.63, 3.8) is 0 Å². The molecule has 102 valence electrons. The van der Waals surface area contributed by atoms with Gasteiger partial charge in [-0.3, -0.25) is 0 Å². The maximum Gasteiger partial charge on any atom is 0.119 e. The molecular weight excluding hydrogens is 244 g/mol. The lowest BCUT2D eigenvalue weighted by Crippen LogP contribution is -1.96. The van der Waals surface area contributed by atoms with Gasteiger partial charge in [0.15, 0.2) is 0 Å². The van der Waals surface area contributed by atoms with Crippen LogP contribution in [0, 0.1) is 0 Å². The lowest BCUT2D eigenvalue weighted by molar-refractivity contribution is 0.304. The van der Waals surface area contributed by atoms with E-state index < -0.39 is 0 Å². The normalized spacial score (nSPS) is 10.5. The van der Waals surface area contributed by atoms with E-state index in [2.05, 4.69) is 6.26 Å². The molecule has 0 bridgehead atoms. The molecule has 0 unspecified atom stereocenters. The Kier molecular flexibility index (Phi) is 8.57. The fraction of sp³-hybridized carbons (Fsp3) is 0.600. The second-order valence-corrected chi connectivity index (χ2v) is 5.44. The molecule has 0 aromatic heterocycles. The minimum atomic E-state index is 0.285. The summed E-state index contributed by atoms with van der Waals surface area (Å²) in [5.41, 5.74) is 0. The monoisotopic (exact) mass is 268 g/mol. The van der Waals surface area contributed by atoms with Crippen molar-refractivity contribution in [1.29, 1.82) is 0 Å². The molecule has 0 radical (unpaired) electrons. The number of thioether (sulfide) groups is 1. The Morgan fingerprint density at radius 3 is 2.22 bits per heavy atom. The summed E-state index contributed by atoms with van der Waals surface area (Å²) in [6.45, 7) is 0.773. The molecule has 1 aromatic rings. The van der Waals surface area contributed by atoms with E-state index in [1.165, 1.54) is 37.9 Å². The van der Waals surface area contributed by atoms with Gasteiger partial charge in [0.25, 0.3) is 0 Å². The van der Waals surface area contributed by atoms with E-state index in [1.807, 2.05) is 11.8 Å². The number of phenols is 1. The van der Waals surface area contributed by atoms with Gasteiger partial charge in [-0.25, -0.2) is 0 Å². The third-order valence-electron chi connectivity index (χ3n) is 2.85. The van der Waals surface area contributed by atoms with Crippen LogP contribution in [0.4, 0.5) is 0 Å². The molecule has 2 nitrogen and oxygen atoms in total. The van der Waals surface area contributed by atoms with Crippen LogP contribution in [-0.4, -0.2) is 23.7 Å². The molecule has 0 heterocycles. The predicted octanol–water partition coefficient (Wildman–Crippen LogP) is 4.47. The van der Waals surface area contributed by atoms with Crippen LogP contribution in [0.25, 0.3) is 0 Å². The molecule has 0 atom stereocenters. The summed E-state index contributed by atoms with van der Waals surface area (Å²) in [4.78, 5) is 0. The van der Waals surface area contributed by atoms with Gasteiger partial charge in [0, 0.05) is 0 Å². The summed E-state index contributed by atoms with van der Waals surface area (Å²) in [7, 11) is 0. The van der Waals surface area contributed by atoms with Gasteiger partial charge in [0.05, 0.1) is 6.61 Å². The first-order valence-electron chi connectivity index (χ1n) is 6.73. The van der Waals surface area contributed by atoms with Gasteiger partial charge in [-0.1, -0.05) is 25.7 Å². The van der Waals surface area contributed by atoms with Crippen molar-refractivity contribution in [2.24, 2.45) is 0 Å². The topological polar surface area (TPSA) is 29.5 Å². The first kappa shape index (κ1) is 15.2. The maximum absolute atomic E-state index is 9.13. The zero-order chi connectivity index (χ0) is 13.1. The summed E-state index contributed by atoms with van der Waals surface area (Å²) < 4.78 is 5.59. The van der Waals surface area contributed by atoms with Crippen LogP contribution in [-0.2, 0) is 0 Å². The molecule has 0 saturated heterocycles. The predicted molar refractivity (Wildman–Crippen MR) is 79.7 cm³/mol. The summed E-state index contributed by atoms with van der Waals surface area (Å²) >= 11 is 1.93. The van der Waals surface area contributed by atoms with Crippen molar-refractivity contribution >= 4 is 11.8 Å². The van der Waals surface area contributed by atoms with Crippen molar-refractivity contribution in [3.05, 3.63) is 24.3 Å². The third-order valence-corrected chi connectivity index (χ3v) is 3.55. The SMILES string of the molecule is CSCCCCCCCCOc1ccc(O)cc1. The average Bonchev–Trinajstić information content (AvgIpc) is 2.39. The van der Waals surface area contributed by atoms with Crippen molar-refractivity contribution in [3.8, 4) is 11.5 Å². The number of rotatable bonds is 10. The molecule has 18 heavy (non-hydrogen) atoms. The second kappa shape index (κ2) is 10.1. The Hall–Kier alpha value is -0.830. The van der Waals surface area contributed by atoms with Crippen molar-refractivity contribution in [2.75, 3.05) is 18.6 Å². The van der Waals surface area contributed by atoms with E-state index in [4.69, 9.17) is 9.84 Å². The highest BCUT2D eigenvalue weighted by atomic mass is 32.2. The Morgan fingerprint density at radius 1 is 0.944 bits per heavy atom. The van der Waals surface area contributed by atoms with E-state index in [0.717, 1.165) is 18.8 Å². The van der Waals surface area contributed by atoms with Crippen LogP contribution in [0.1, 0.15) is 38.5 Å². The Balaban J connectivity index is 1.91. The molecule has 0 fully saturated rings. The van der Waals surface area contributed by atoms with Gasteiger partial charge < -0.3 is 9.84 Å². The molecular formula is C15H24O2S. The number of unbranched alkanes of at least 4 members (excludes halogenated alkanes) is 5. The molecule has 1 aromatic carbocycles. The zero-order valence-electron chi connectivity index (χ0n) is 11.2. The van der Waals surface area contributed by atoms with E-state index in [9.17, 15) is 0 Å². The summed E-state index contributed by atoms with van der Waals surface area (Å²) in [5.74, 6) is 2.42. The van der Waals surface area contributed by atoms with Crippen molar-refractivity contribution < 1.29 is 9.84 Å². The number of benzene rings is 1. The first-order chi connectivity index (χ1) is 8.83. The highest BCUT2D eigenvalue weighted by Gasteiger charge is 1.95. The first-order valence-corrected chi connectivity index (χ1v) is 8.13. The summed E-state index contributed by atoms with van der Waals surface area (Å²) in [5, 5.41) is 9.13. The Labute approximate surface area is 115 Å². The molecule has 0 aliphatic rings. The number of aromatic hydroxyl groups is 1. The molecule has 1 rings (SSSR count). The summed E-state index contributed by atoms with van der Waals surface area (Å²) in [6.07, 6.45) is 9.90. The highest BCUT2D eigenvalue weighted by Crippen LogP contribution is 2.16. The fourth-order valence-corrected chi connectivity index (χ4v) is 2.28. The molecule has 3 heteroatoms. The minimum absolute atomic E-state index is 0.285. The van der Waals surface area contributed by atoms with Gasteiger partial charge in [0.2, 0.25) is 0 Å². The number of ether oxygens (including phenoxy) is 1. The third kappa shape index (κ3) is 7.49. The largest absolute Gasteiger partial charge is 0.508 e. The lowest BCUT2D eigenvalue weighted by atomic mass is 10.1. The van der Waals surface area contributed by atoms with Gasteiger partial charge in [-0.2, -0.15) is 11.8 Å². The van der Waals surface area contributed by atoms with Gasteiger partial charge in [-0.05, 0) is 49.1 Å². The van der Waals surface area contributed by atoms with Crippen LogP contribution in [0.3, 0.4) is 0 Å². The standard InChI is InChI=1S/C15H24O2S/c1-18-13-7-5-3-2-4-6-12-17-15-10-8-14(16)9-11-15/h8-11,16H,2-7,12-13H2,1H3. The fourth-order valence-electron chi connectivity index (χ4n) is 1.79. The van der Waals surface area contributed by atoms with Crippen LogP contribution in [0.15, 0.2) is 24.3 Å². The van der Waals surface area contributed by atoms with Crippen LogP contribution < -0.4 is 4.74 Å². The van der Waals surface area contributed by atoms with Gasteiger partial charge in [0.1, 0.15) is 11.5 Å². The lowest BCUT2D eigenvalue weighted by Gasteiger charge is -2.06. The van der Waals surface area contributed by atoms with Crippen LogP contribution >= 0.6 is 11.8 Å². The van der Waals surface area contributed by atoms with Crippen molar-refractivity contribution in [1.82, 2.24) is 0 Å². The number of hydrogen-bond donors (Lipinski definition) is 1. The van der Waals surface area contributed by atoms with Gasteiger partial charge in [-0.15, -0.1) is 0 Å². The van der Waals surface area contributed by atoms with Crippen molar-refractivity contribution in [2.45, 2.75) is 38.5 Å². The van der Waals surface area contributed by atoms with E-state index in [0.29, 0.717) is 0 Å². The molecule has 1 N–H and O–H groups in total. The molecule has 0 aliphatic heterocycles. The molecule has 0 saturated carbocycles. The average molecular weight is 268 g/mol. The Morgan fingerprint density at radius 2 is 1.56 bits per heavy atom. The second-order valence-electron chi connectivity index (χ2n) is 4.46. The smallest absolute Gasteiger partial charge is 0.119 e. The van der Waals surface area contributed by atoms with Crippen LogP contribution in [0.2, 0.25) is 0 Å². The highest BCUT2D eigenvalue weighted by molar-refractivity contribution is 7.98. The summed E-state index contributed by atoms with van der Waals surface area (Å²) in [6, 6.07) is 6.91. The zero-order valence-corrected chi connectivity index (χ0v) is 12.0. The maximum atomic E-state index is 9.13. The molecule has 0 aliphatic carbocycles. The van der Waals surface area contributed by atoms with E-state index in [-0.39, 0.29) is 5.75 Å². The quantitative estimate of drug-likeness (QED) is 0.635. The Bertz CT molecular complexity index is 298. The minimum Gasteiger partial charge on any atom is -0.508 e. The van der Waals surface area contributed by atoms with Gasteiger partial charge >= 0.3 is 0 Å². The van der Waals surface area contributed by atoms with E-state index in [1.54, 1.807) is 24.3 Å². The molecule has 0 spiro atoms. The number of hydrogen-bond acceptors (Lipinski definition) is 3. The number of phenolic OH excluding ortho intramolecular Hbond substituents is 1. The van der Waals surface area contributed by atoms with E-state index >= 15 is 0 Å². The van der Waals surface area contributed by atoms with Crippen LogP contribution in [0.5, 0.6) is 11.5 Å². The molecule has 0 amide bonds.